The van der Waals surface area contributed by atoms with Gasteiger partial charge in [0.05, 0.1) is 11.5 Å². The fourth-order valence-corrected chi connectivity index (χ4v) is 3.07. The number of carboxylic acids is 1. The summed E-state index contributed by atoms with van der Waals surface area (Å²) in [6.07, 6.45) is 3.99. The first-order valence-electron chi connectivity index (χ1n) is 6.05. The molecule has 0 radical (unpaired) electrons. The van der Waals surface area contributed by atoms with Gasteiger partial charge in [-0.05, 0) is 19.3 Å². The van der Waals surface area contributed by atoms with Crippen LogP contribution in [-0.2, 0) is 4.79 Å². The number of aliphatic carboxylic acids is 1. The summed E-state index contributed by atoms with van der Waals surface area (Å²) in [5.74, 6) is -1.32. The number of carboxylic acid groups (broad SMARTS) is 2. The van der Waals surface area contributed by atoms with E-state index in [1.54, 1.807) is 0 Å². The second kappa shape index (κ2) is 4.52. The highest BCUT2D eigenvalue weighted by molar-refractivity contribution is 5.72. The van der Waals surface area contributed by atoms with E-state index in [1.165, 1.54) is 5.01 Å². The van der Waals surface area contributed by atoms with E-state index in [2.05, 4.69) is 5.43 Å². The predicted octanol–water partition coefficient (Wildman–Crippen LogP) is 1.28. The zero-order chi connectivity index (χ0) is 12.5. The third-order valence-corrected chi connectivity index (χ3v) is 3.92. The normalized spacial score (nSPS) is 28.0. The zero-order valence-electron chi connectivity index (χ0n) is 9.69. The van der Waals surface area contributed by atoms with Gasteiger partial charge in [-0.3, -0.25) is 4.79 Å². The molecule has 0 aromatic heterocycles. The van der Waals surface area contributed by atoms with Crippen molar-refractivity contribution in [2.45, 2.75) is 44.1 Å². The molecule has 6 heteroatoms. The van der Waals surface area contributed by atoms with Crippen LogP contribution in [0.4, 0.5) is 4.79 Å². The minimum atomic E-state index is -1.00. The lowest BCUT2D eigenvalue weighted by atomic mass is 9.74. The van der Waals surface area contributed by atoms with Crippen molar-refractivity contribution >= 4 is 12.1 Å². The van der Waals surface area contributed by atoms with Gasteiger partial charge in [0.1, 0.15) is 0 Å². The Morgan fingerprint density at radius 2 is 1.82 bits per heavy atom. The molecule has 1 saturated heterocycles. The summed E-state index contributed by atoms with van der Waals surface area (Å²) >= 11 is 0. The first-order chi connectivity index (χ1) is 8.05. The van der Waals surface area contributed by atoms with Gasteiger partial charge in [0.15, 0.2) is 0 Å². The van der Waals surface area contributed by atoms with Gasteiger partial charge >= 0.3 is 12.1 Å². The topological polar surface area (TPSA) is 89.9 Å². The molecule has 1 unspecified atom stereocenters. The van der Waals surface area contributed by atoms with Crippen molar-refractivity contribution in [3.05, 3.63) is 0 Å². The van der Waals surface area contributed by atoms with Crippen LogP contribution in [0, 0.1) is 5.92 Å². The third-order valence-electron chi connectivity index (χ3n) is 3.92. The number of carbonyl (C=O) groups is 2. The Kier molecular flexibility index (Phi) is 3.24. The molecule has 6 nitrogen and oxygen atoms in total. The Balaban J connectivity index is 2.20. The minimum Gasteiger partial charge on any atom is -0.481 e. The molecular weight excluding hydrogens is 224 g/mol. The second-order valence-corrected chi connectivity index (χ2v) is 5.00. The highest BCUT2D eigenvalue weighted by Gasteiger charge is 2.47. The van der Waals surface area contributed by atoms with Crippen LogP contribution in [0.15, 0.2) is 0 Å². The molecule has 17 heavy (non-hydrogen) atoms. The standard InChI is InChI=1S/C11H18N2O4/c14-9(15)8-6-11(4-2-1-3-5-11)13(10(16)17)12-7-8/h8,12H,1-7H2,(H,14,15)(H,16,17). The average Bonchev–Trinajstić information content (AvgIpc) is 2.29. The lowest BCUT2D eigenvalue weighted by Gasteiger charge is -2.49. The molecule has 0 aromatic rings. The first-order valence-corrected chi connectivity index (χ1v) is 6.05. The van der Waals surface area contributed by atoms with Crippen molar-refractivity contribution in [3.8, 4) is 0 Å². The second-order valence-electron chi connectivity index (χ2n) is 5.00. The maximum absolute atomic E-state index is 11.2. The summed E-state index contributed by atoms with van der Waals surface area (Å²) in [5, 5.41) is 19.5. The van der Waals surface area contributed by atoms with Gasteiger partial charge < -0.3 is 10.2 Å². The van der Waals surface area contributed by atoms with Crippen LogP contribution in [0.3, 0.4) is 0 Å². The smallest absolute Gasteiger partial charge is 0.422 e. The summed E-state index contributed by atoms with van der Waals surface area (Å²) in [6.45, 7) is 0.198. The molecule has 1 aliphatic heterocycles. The van der Waals surface area contributed by atoms with Crippen molar-refractivity contribution < 1.29 is 19.8 Å². The van der Waals surface area contributed by atoms with Crippen LogP contribution in [0.5, 0.6) is 0 Å². The average molecular weight is 242 g/mol. The van der Waals surface area contributed by atoms with Crippen LogP contribution >= 0.6 is 0 Å². The van der Waals surface area contributed by atoms with Crippen LogP contribution in [0.2, 0.25) is 0 Å². The number of rotatable bonds is 1. The molecule has 1 amide bonds. The summed E-state index contributed by atoms with van der Waals surface area (Å²) in [6, 6.07) is 0. The SMILES string of the molecule is O=C(O)C1CNN(C(=O)O)C2(CCCCC2)C1. The maximum Gasteiger partial charge on any atom is 0.422 e. The number of amides is 1. The minimum absolute atomic E-state index is 0.198. The molecule has 2 aliphatic rings. The van der Waals surface area contributed by atoms with Crippen molar-refractivity contribution in [2.75, 3.05) is 6.54 Å². The van der Waals surface area contributed by atoms with Crippen LogP contribution in [0.25, 0.3) is 0 Å². The Morgan fingerprint density at radius 3 is 2.35 bits per heavy atom. The number of hydrogen-bond donors (Lipinski definition) is 3. The van der Waals surface area contributed by atoms with E-state index < -0.39 is 23.5 Å². The van der Waals surface area contributed by atoms with E-state index in [1.807, 2.05) is 0 Å². The fourth-order valence-electron chi connectivity index (χ4n) is 3.07. The Labute approximate surface area is 99.6 Å². The Morgan fingerprint density at radius 1 is 1.18 bits per heavy atom. The van der Waals surface area contributed by atoms with Crippen LogP contribution < -0.4 is 5.43 Å². The predicted molar refractivity (Wildman–Crippen MR) is 59.4 cm³/mol. The van der Waals surface area contributed by atoms with E-state index in [-0.39, 0.29) is 6.54 Å². The molecular formula is C11H18N2O4. The van der Waals surface area contributed by atoms with E-state index in [0.29, 0.717) is 6.42 Å². The summed E-state index contributed by atoms with van der Waals surface area (Å²) in [4.78, 5) is 22.3. The van der Waals surface area contributed by atoms with Gasteiger partial charge in [0, 0.05) is 6.54 Å². The van der Waals surface area contributed by atoms with E-state index in [0.717, 1.165) is 32.1 Å². The molecule has 3 N–H and O–H groups in total. The van der Waals surface area contributed by atoms with Gasteiger partial charge in [-0.1, -0.05) is 19.3 Å². The van der Waals surface area contributed by atoms with E-state index >= 15 is 0 Å². The third kappa shape index (κ3) is 2.22. The van der Waals surface area contributed by atoms with Gasteiger partial charge in [0.2, 0.25) is 0 Å². The lowest BCUT2D eigenvalue weighted by Crippen LogP contribution is -2.64. The summed E-state index contributed by atoms with van der Waals surface area (Å²) in [7, 11) is 0. The quantitative estimate of drug-likeness (QED) is 0.644. The zero-order valence-corrected chi connectivity index (χ0v) is 9.69. The molecule has 0 bridgehead atoms. The van der Waals surface area contributed by atoms with Gasteiger partial charge in [-0.25, -0.2) is 15.2 Å². The van der Waals surface area contributed by atoms with Gasteiger partial charge in [0.25, 0.3) is 0 Å². The molecule has 0 aromatic carbocycles. The number of hydrogen-bond acceptors (Lipinski definition) is 3. The Hall–Kier alpha value is -1.30. The maximum atomic E-state index is 11.2. The number of hydrazine groups is 1. The monoisotopic (exact) mass is 242 g/mol. The molecule has 96 valence electrons. The summed E-state index contributed by atoms with van der Waals surface area (Å²) < 4.78 is 0. The van der Waals surface area contributed by atoms with Crippen molar-refractivity contribution in [2.24, 2.45) is 5.92 Å². The Bertz CT molecular complexity index is 325. The highest BCUT2D eigenvalue weighted by Crippen LogP contribution is 2.40. The molecule has 1 heterocycles. The molecule has 1 saturated carbocycles. The fraction of sp³-hybridized carbons (Fsp3) is 0.818. The largest absolute Gasteiger partial charge is 0.481 e. The molecule has 2 rings (SSSR count). The van der Waals surface area contributed by atoms with E-state index in [9.17, 15) is 14.7 Å². The van der Waals surface area contributed by atoms with Crippen molar-refractivity contribution in [1.29, 1.82) is 0 Å². The number of nitrogens with one attached hydrogen (secondary N) is 1. The number of nitrogens with zero attached hydrogens (tertiary/aromatic N) is 1. The first kappa shape index (κ1) is 12.2. The highest BCUT2D eigenvalue weighted by atomic mass is 16.4. The molecule has 1 atom stereocenters. The van der Waals surface area contributed by atoms with Gasteiger partial charge in [-0.15, -0.1) is 0 Å². The summed E-state index contributed by atoms with van der Waals surface area (Å²) in [5.41, 5.74) is 2.25. The van der Waals surface area contributed by atoms with Crippen molar-refractivity contribution in [1.82, 2.24) is 10.4 Å². The van der Waals surface area contributed by atoms with Crippen LogP contribution in [0.1, 0.15) is 38.5 Å². The molecule has 2 fully saturated rings. The lowest BCUT2D eigenvalue weighted by molar-refractivity contribution is -0.147. The van der Waals surface area contributed by atoms with Crippen LogP contribution in [-0.4, -0.2) is 39.4 Å². The van der Waals surface area contributed by atoms with E-state index in [4.69, 9.17) is 5.11 Å². The van der Waals surface area contributed by atoms with Crippen molar-refractivity contribution in [3.63, 3.8) is 0 Å². The van der Waals surface area contributed by atoms with Gasteiger partial charge in [-0.2, -0.15) is 0 Å². The molecule has 1 spiro atoms. The molecule has 1 aliphatic carbocycles.